The van der Waals surface area contributed by atoms with E-state index in [-0.39, 0.29) is 28.5 Å². The van der Waals surface area contributed by atoms with Crippen LogP contribution in [0.15, 0.2) is 41.7 Å². The lowest BCUT2D eigenvalue weighted by Gasteiger charge is -2.44. The summed E-state index contributed by atoms with van der Waals surface area (Å²) in [5, 5.41) is 0.469. The number of aromatic nitrogens is 3. The molecule has 214 valence electrons. The van der Waals surface area contributed by atoms with Crippen LogP contribution in [0.1, 0.15) is 32.1 Å². The van der Waals surface area contributed by atoms with Gasteiger partial charge in [-0.25, -0.2) is 27.6 Å². The Bertz CT molecular complexity index is 1600. The lowest BCUT2D eigenvalue weighted by Crippen LogP contribution is -2.64. The van der Waals surface area contributed by atoms with Crippen molar-refractivity contribution in [1.82, 2.24) is 19.4 Å². The second kappa shape index (κ2) is 9.01. The van der Waals surface area contributed by atoms with Gasteiger partial charge in [0, 0.05) is 37.4 Å². The molecule has 2 saturated heterocycles. The molecule has 1 unspecified atom stereocenters. The summed E-state index contributed by atoms with van der Waals surface area (Å²) in [5.74, 6) is -9.13. The number of alkyl halides is 4. The summed E-state index contributed by atoms with van der Waals surface area (Å²) in [4.78, 5) is 22.3. The first-order chi connectivity index (χ1) is 18.8. The SMILES string of the molecule is CS(=O)(=O)c1ccc(-n2ccc3c(OC4C[C@@H]5CC[C@@H](C4)N5C(=O)OC4CC(F)(F)C4(F)F)ncnc32)c(F)c1. The molecule has 15 heteroatoms. The molecule has 1 aliphatic carbocycles. The van der Waals surface area contributed by atoms with Crippen LogP contribution in [0.2, 0.25) is 0 Å². The highest BCUT2D eigenvalue weighted by Gasteiger charge is 2.74. The van der Waals surface area contributed by atoms with Crippen molar-refractivity contribution in [3.63, 3.8) is 0 Å². The fourth-order valence-electron chi connectivity index (χ4n) is 5.71. The average molecular weight is 587 g/mol. The summed E-state index contributed by atoms with van der Waals surface area (Å²) < 4.78 is 104. The third-order valence-electron chi connectivity index (χ3n) is 7.81. The maximum atomic E-state index is 14.8. The molecule has 3 atom stereocenters. The molecule has 1 saturated carbocycles. The van der Waals surface area contributed by atoms with Gasteiger partial charge in [-0.3, -0.25) is 4.57 Å². The Balaban J connectivity index is 1.17. The van der Waals surface area contributed by atoms with Gasteiger partial charge in [-0.15, -0.1) is 0 Å². The number of hydrogen-bond donors (Lipinski definition) is 0. The summed E-state index contributed by atoms with van der Waals surface area (Å²) >= 11 is 0. The Morgan fingerprint density at radius 2 is 1.77 bits per heavy atom. The molecule has 9 nitrogen and oxygen atoms in total. The largest absolute Gasteiger partial charge is 0.474 e. The van der Waals surface area contributed by atoms with Gasteiger partial charge < -0.3 is 14.4 Å². The Labute approximate surface area is 224 Å². The molecule has 6 rings (SSSR count). The van der Waals surface area contributed by atoms with Crippen LogP contribution >= 0.6 is 0 Å². The first kappa shape index (κ1) is 26.7. The van der Waals surface area contributed by atoms with Crippen molar-refractivity contribution in [2.24, 2.45) is 0 Å². The molecule has 1 amide bonds. The lowest BCUT2D eigenvalue weighted by molar-refractivity contribution is -0.330. The minimum absolute atomic E-state index is 0.0757. The minimum Gasteiger partial charge on any atom is -0.474 e. The second-order valence-electron chi connectivity index (χ2n) is 10.4. The number of piperidine rings is 1. The first-order valence-electron chi connectivity index (χ1n) is 12.5. The first-order valence-corrected chi connectivity index (χ1v) is 14.4. The second-order valence-corrected chi connectivity index (χ2v) is 12.4. The summed E-state index contributed by atoms with van der Waals surface area (Å²) in [6, 6.07) is 4.43. The van der Waals surface area contributed by atoms with Gasteiger partial charge in [0.2, 0.25) is 5.88 Å². The van der Waals surface area contributed by atoms with Crippen LogP contribution in [0, 0.1) is 5.82 Å². The predicted octanol–water partition coefficient (Wildman–Crippen LogP) is 4.52. The molecule has 3 aromatic rings. The molecular weight excluding hydrogens is 563 g/mol. The number of carbonyl (C=O) groups is 1. The number of fused-ring (bicyclic) bond motifs is 3. The van der Waals surface area contributed by atoms with Crippen LogP contribution in [-0.4, -0.2) is 76.3 Å². The molecule has 2 aromatic heterocycles. The third-order valence-corrected chi connectivity index (χ3v) is 8.92. The molecule has 40 heavy (non-hydrogen) atoms. The van der Waals surface area contributed by atoms with Gasteiger partial charge in [-0.2, -0.15) is 17.6 Å². The van der Waals surface area contributed by atoms with Crippen molar-refractivity contribution in [2.75, 3.05) is 6.26 Å². The fourth-order valence-corrected chi connectivity index (χ4v) is 6.34. The quantitative estimate of drug-likeness (QED) is 0.405. The highest BCUT2D eigenvalue weighted by atomic mass is 32.2. The van der Waals surface area contributed by atoms with Crippen LogP contribution in [0.5, 0.6) is 5.88 Å². The van der Waals surface area contributed by atoms with E-state index >= 15 is 0 Å². The Morgan fingerprint density at radius 1 is 1.07 bits per heavy atom. The molecule has 3 fully saturated rings. The predicted molar refractivity (Wildman–Crippen MR) is 129 cm³/mol. The van der Waals surface area contributed by atoms with E-state index in [0.29, 0.717) is 36.7 Å². The molecule has 3 aliphatic rings. The van der Waals surface area contributed by atoms with Crippen molar-refractivity contribution < 1.29 is 44.6 Å². The van der Waals surface area contributed by atoms with Crippen molar-refractivity contribution in [3.8, 4) is 11.6 Å². The van der Waals surface area contributed by atoms with Crippen LogP contribution in [0.3, 0.4) is 0 Å². The van der Waals surface area contributed by atoms with Crippen LogP contribution < -0.4 is 4.74 Å². The number of ether oxygens (including phenoxy) is 2. The molecule has 2 aliphatic heterocycles. The number of amides is 1. The Kier molecular flexibility index (Phi) is 6.02. The van der Waals surface area contributed by atoms with Crippen molar-refractivity contribution in [2.45, 2.75) is 73.1 Å². The van der Waals surface area contributed by atoms with E-state index in [1.807, 2.05) is 0 Å². The van der Waals surface area contributed by atoms with E-state index in [4.69, 9.17) is 9.47 Å². The summed E-state index contributed by atoms with van der Waals surface area (Å²) in [6.45, 7) is 0. The number of hydrogen-bond acceptors (Lipinski definition) is 7. The van der Waals surface area contributed by atoms with Gasteiger partial charge in [0.05, 0.1) is 22.4 Å². The van der Waals surface area contributed by atoms with E-state index in [1.165, 1.54) is 27.9 Å². The molecular formula is C25H23F5N4O5S. The van der Waals surface area contributed by atoms with E-state index < -0.39 is 52.2 Å². The lowest BCUT2D eigenvalue weighted by atomic mass is 9.85. The van der Waals surface area contributed by atoms with Gasteiger partial charge in [-0.05, 0) is 37.1 Å². The van der Waals surface area contributed by atoms with E-state index in [0.717, 1.165) is 12.3 Å². The molecule has 1 aromatic carbocycles. The van der Waals surface area contributed by atoms with Crippen LogP contribution in [0.25, 0.3) is 16.7 Å². The third kappa shape index (κ3) is 4.25. The number of nitrogens with zero attached hydrogens (tertiary/aromatic N) is 4. The summed E-state index contributed by atoms with van der Waals surface area (Å²) in [5.41, 5.74) is 0.393. The number of halogens is 5. The van der Waals surface area contributed by atoms with Crippen LogP contribution in [-0.2, 0) is 14.6 Å². The van der Waals surface area contributed by atoms with Gasteiger partial charge in [-0.1, -0.05) is 0 Å². The zero-order valence-corrected chi connectivity index (χ0v) is 21.8. The summed E-state index contributed by atoms with van der Waals surface area (Å²) in [7, 11) is -3.59. The normalized spacial score (nSPS) is 26.9. The molecule has 0 spiro atoms. The van der Waals surface area contributed by atoms with Crippen molar-refractivity contribution in [3.05, 3.63) is 42.6 Å². The van der Waals surface area contributed by atoms with Crippen molar-refractivity contribution in [1.29, 1.82) is 0 Å². The maximum absolute atomic E-state index is 14.8. The van der Waals surface area contributed by atoms with E-state index in [9.17, 15) is 35.2 Å². The molecule has 2 bridgehead atoms. The Hall–Kier alpha value is -3.49. The zero-order chi connectivity index (χ0) is 28.6. The molecule has 0 N–H and O–H groups in total. The highest BCUT2D eigenvalue weighted by Crippen LogP contribution is 2.53. The van der Waals surface area contributed by atoms with Gasteiger partial charge >= 0.3 is 17.9 Å². The van der Waals surface area contributed by atoms with E-state index in [2.05, 4.69) is 9.97 Å². The van der Waals surface area contributed by atoms with E-state index in [1.54, 1.807) is 12.3 Å². The number of carbonyl (C=O) groups excluding carboxylic acids is 1. The minimum atomic E-state index is -4.39. The van der Waals surface area contributed by atoms with Crippen LogP contribution in [0.4, 0.5) is 26.7 Å². The fraction of sp³-hybridized carbons (Fsp3) is 0.480. The Morgan fingerprint density at radius 3 is 2.38 bits per heavy atom. The van der Waals surface area contributed by atoms with Gasteiger partial charge in [0.1, 0.15) is 18.2 Å². The molecule has 0 radical (unpaired) electrons. The average Bonchev–Trinajstić information content (AvgIpc) is 3.42. The monoisotopic (exact) mass is 586 g/mol. The highest BCUT2D eigenvalue weighted by molar-refractivity contribution is 7.90. The summed E-state index contributed by atoms with van der Waals surface area (Å²) in [6.07, 6.45) is 0.817. The number of sulfone groups is 1. The van der Waals surface area contributed by atoms with Gasteiger partial charge in [0.25, 0.3) is 0 Å². The maximum Gasteiger partial charge on any atom is 0.410 e. The van der Waals surface area contributed by atoms with Gasteiger partial charge in [0.15, 0.2) is 21.6 Å². The smallest absolute Gasteiger partial charge is 0.410 e. The topological polar surface area (TPSA) is 104 Å². The number of rotatable bonds is 5. The van der Waals surface area contributed by atoms with Crippen molar-refractivity contribution >= 4 is 27.0 Å². The standard InChI is InChI=1S/C25H23F5N4O5S/c1-40(36,37)16-4-5-19(18(26)10-16)33-7-6-17-21(33)31-12-32-22(17)38-15-8-13-2-3-14(9-15)34(13)23(35)39-20-11-24(27,28)25(20,29)30/h4-7,10,12-15,20H,2-3,8-9,11H2,1H3/t13-,14-,20?/m0/s1. The number of benzene rings is 1. The molecule has 4 heterocycles. The zero-order valence-electron chi connectivity index (χ0n) is 20.9.